The number of halogens is 5. The van der Waals surface area contributed by atoms with Crippen molar-refractivity contribution in [3.63, 3.8) is 0 Å². The first-order valence-corrected chi connectivity index (χ1v) is 13.3. The molecule has 0 bridgehead atoms. The highest BCUT2D eigenvalue weighted by molar-refractivity contribution is 7.90. The first kappa shape index (κ1) is 27.3. The molecule has 1 aliphatic heterocycles. The Hall–Kier alpha value is -2.77. The first-order chi connectivity index (χ1) is 16.8. The third-order valence-electron chi connectivity index (χ3n) is 7.17. The number of sulfone groups is 1. The molecule has 8 nitrogen and oxygen atoms in total. The van der Waals surface area contributed by atoms with E-state index >= 15 is 0 Å². The molecule has 0 spiro atoms. The Morgan fingerprint density at radius 2 is 1.86 bits per heavy atom. The number of fused-ring (bicyclic) bond motifs is 1. The van der Waals surface area contributed by atoms with E-state index < -0.39 is 50.7 Å². The number of ether oxygens (including phenoxy) is 1. The summed E-state index contributed by atoms with van der Waals surface area (Å²) in [4.78, 5) is 18.6. The van der Waals surface area contributed by atoms with Gasteiger partial charge in [-0.1, -0.05) is 5.16 Å². The van der Waals surface area contributed by atoms with Gasteiger partial charge in [0.1, 0.15) is 11.2 Å². The number of likely N-dealkylation sites (tertiary alicyclic amines) is 1. The monoisotopic (exact) mass is 551 g/mol. The smallest absolute Gasteiger partial charge is 0.402 e. The first-order valence-electron chi connectivity index (χ1n) is 11.4. The average molecular weight is 552 g/mol. The fourth-order valence-electron chi connectivity index (χ4n) is 4.26. The van der Waals surface area contributed by atoms with E-state index in [4.69, 9.17) is 9.26 Å². The van der Waals surface area contributed by atoms with E-state index in [0.29, 0.717) is 13.3 Å². The zero-order valence-corrected chi connectivity index (χ0v) is 21.5. The molecule has 1 saturated carbocycles. The van der Waals surface area contributed by atoms with E-state index in [-0.39, 0.29) is 41.0 Å². The molecule has 2 aromatic rings. The van der Waals surface area contributed by atoms with Gasteiger partial charge < -0.3 is 14.2 Å². The van der Waals surface area contributed by atoms with Crippen LogP contribution in [0, 0.1) is 5.92 Å². The fraction of sp³-hybridized carbons (Fsp3) is 0.609. The highest BCUT2D eigenvalue weighted by Crippen LogP contribution is 2.58. The number of hydrogen-bond acceptors (Lipinski definition) is 7. The van der Waals surface area contributed by atoms with Crippen LogP contribution in [0.1, 0.15) is 56.2 Å². The van der Waals surface area contributed by atoms with Crippen molar-refractivity contribution >= 4 is 15.7 Å². The second-order valence-electron chi connectivity index (χ2n) is 10.4. The molecule has 1 aromatic heterocycles. The minimum Gasteiger partial charge on any atom is -0.484 e. The van der Waals surface area contributed by atoms with E-state index in [2.05, 4.69) is 10.1 Å². The zero-order chi connectivity index (χ0) is 27.8. The summed E-state index contributed by atoms with van der Waals surface area (Å²) in [5.41, 5.74) is -3.40. The molecule has 3 atom stereocenters. The Bertz CT molecular complexity index is 1330. The van der Waals surface area contributed by atoms with Gasteiger partial charge in [0.2, 0.25) is 5.89 Å². The van der Waals surface area contributed by atoms with Gasteiger partial charge in [-0.2, -0.15) is 18.2 Å². The molecular formula is C23H26F5N3O5S. The number of rotatable bonds is 7. The number of amides is 1. The Morgan fingerprint density at radius 1 is 1.22 bits per heavy atom. The molecule has 1 amide bonds. The van der Waals surface area contributed by atoms with Crippen LogP contribution in [0.4, 0.5) is 22.0 Å². The van der Waals surface area contributed by atoms with Gasteiger partial charge in [0, 0.05) is 26.3 Å². The molecule has 0 N–H and O–H groups in total. The van der Waals surface area contributed by atoms with Crippen molar-refractivity contribution < 1.29 is 44.4 Å². The molecule has 1 aliphatic carbocycles. The third kappa shape index (κ3) is 4.79. The number of piperidine rings is 1. The lowest BCUT2D eigenvalue weighted by Gasteiger charge is -2.25. The Labute approximate surface area is 210 Å². The zero-order valence-electron chi connectivity index (χ0n) is 20.7. The Kier molecular flexibility index (Phi) is 6.17. The molecule has 2 fully saturated rings. The summed E-state index contributed by atoms with van der Waals surface area (Å²) in [5, 5.41) is 3.78. The van der Waals surface area contributed by atoms with Crippen molar-refractivity contribution in [2.24, 2.45) is 5.92 Å². The van der Waals surface area contributed by atoms with Crippen LogP contribution in [0.15, 0.2) is 27.6 Å². The predicted octanol–water partition coefficient (Wildman–Crippen LogP) is 4.15. The number of hydrogen-bond donors (Lipinski definition) is 0. The van der Waals surface area contributed by atoms with Gasteiger partial charge in [-0.15, -0.1) is 0 Å². The number of aromatic nitrogens is 2. The number of carbonyl (C=O) groups is 1. The van der Waals surface area contributed by atoms with Gasteiger partial charge >= 0.3 is 6.18 Å². The molecule has 1 saturated heterocycles. The molecule has 0 radical (unpaired) electrons. The van der Waals surface area contributed by atoms with Crippen LogP contribution in [-0.4, -0.2) is 66.9 Å². The van der Waals surface area contributed by atoms with Gasteiger partial charge in [-0.3, -0.25) is 4.79 Å². The van der Waals surface area contributed by atoms with Crippen LogP contribution >= 0.6 is 0 Å². The van der Waals surface area contributed by atoms with Crippen molar-refractivity contribution in [1.29, 1.82) is 0 Å². The van der Waals surface area contributed by atoms with Gasteiger partial charge in [-0.25, -0.2) is 17.2 Å². The normalized spacial score (nSPS) is 23.1. The number of carbonyl (C=O) groups excluding carboxylic acids is 1. The van der Waals surface area contributed by atoms with Gasteiger partial charge in [0.05, 0.1) is 15.9 Å². The molecular weight excluding hydrogens is 525 g/mol. The molecule has 2 aliphatic rings. The number of benzene rings is 1. The summed E-state index contributed by atoms with van der Waals surface area (Å²) in [6.07, 6.45) is -4.77. The van der Waals surface area contributed by atoms with Crippen molar-refractivity contribution in [2.45, 2.75) is 68.0 Å². The Balaban J connectivity index is 1.62. The largest absolute Gasteiger partial charge is 0.484 e. The maximum absolute atomic E-state index is 13.7. The lowest BCUT2D eigenvalue weighted by Crippen LogP contribution is -2.37. The van der Waals surface area contributed by atoms with Gasteiger partial charge in [-0.05, 0) is 51.3 Å². The second-order valence-corrected chi connectivity index (χ2v) is 12.5. The molecule has 1 aromatic carbocycles. The lowest BCUT2D eigenvalue weighted by atomic mass is 9.92. The maximum Gasteiger partial charge on any atom is 0.402 e. The van der Waals surface area contributed by atoms with Crippen LogP contribution in [0.2, 0.25) is 0 Å². The summed E-state index contributed by atoms with van der Waals surface area (Å²) in [5.74, 6) is -4.81. The highest BCUT2D eigenvalue weighted by Gasteiger charge is 2.65. The molecule has 14 heteroatoms. The summed E-state index contributed by atoms with van der Waals surface area (Å²) < 4.78 is 102. The van der Waals surface area contributed by atoms with Crippen molar-refractivity contribution in [3.05, 3.63) is 35.5 Å². The molecule has 2 heterocycles. The van der Waals surface area contributed by atoms with Crippen LogP contribution in [0.5, 0.6) is 5.75 Å². The predicted molar refractivity (Wildman–Crippen MR) is 119 cm³/mol. The number of alkyl halides is 5. The van der Waals surface area contributed by atoms with Gasteiger partial charge in [0.25, 0.3) is 11.8 Å². The van der Waals surface area contributed by atoms with E-state index in [1.807, 2.05) is 0 Å². The average Bonchev–Trinajstić information content (AvgIpc) is 3.12. The molecule has 4 rings (SSSR count). The van der Waals surface area contributed by atoms with Gasteiger partial charge in [0.15, 0.2) is 21.8 Å². The fourth-order valence-corrected chi connectivity index (χ4v) is 4.91. The van der Waals surface area contributed by atoms with E-state index in [0.717, 1.165) is 45.2 Å². The minimum atomic E-state index is -4.62. The molecule has 204 valence electrons. The van der Waals surface area contributed by atoms with Crippen LogP contribution in [0.25, 0.3) is 0 Å². The third-order valence-corrected chi connectivity index (χ3v) is 8.29. The number of nitrogens with zero attached hydrogens (tertiary/aromatic N) is 3. The summed E-state index contributed by atoms with van der Waals surface area (Å²) in [6, 6.07) is 3.39. The topological polar surface area (TPSA) is 103 Å². The van der Waals surface area contributed by atoms with Crippen LogP contribution in [-0.2, 0) is 20.7 Å². The van der Waals surface area contributed by atoms with E-state index in [1.165, 1.54) is 4.90 Å². The van der Waals surface area contributed by atoms with Crippen LogP contribution < -0.4 is 4.74 Å². The molecule has 3 unspecified atom stereocenters. The Morgan fingerprint density at radius 3 is 2.43 bits per heavy atom. The van der Waals surface area contributed by atoms with E-state index in [1.54, 1.807) is 0 Å². The van der Waals surface area contributed by atoms with Crippen molar-refractivity contribution in [2.75, 3.05) is 19.3 Å². The van der Waals surface area contributed by atoms with Crippen LogP contribution in [0.3, 0.4) is 0 Å². The van der Waals surface area contributed by atoms with Crippen molar-refractivity contribution in [1.82, 2.24) is 15.0 Å². The second kappa shape index (κ2) is 8.37. The highest BCUT2D eigenvalue weighted by atomic mass is 32.2. The summed E-state index contributed by atoms with van der Waals surface area (Å²) in [7, 11) is -3.74. The SMILES string of the molecule is CC(Oc1ccc(S(C)(=O)=O)cc1C(=O)N1CC2CC2(c2noc(C(C)(C)C(F)(F)F)n2)C1)C(C)(F)F. The standard InChI is InChI=1S/C23H26F5N3O5S/c1-12(21(4,24)25)35-16-7-6-14(37(5,33)34)8-15(16)17(32)31-10-13-9-22(13,11-31)18-29-19(36-30-18)20(2,3)23(26,27)28/h6-8,12-13H,9-11H2,1-5H3. The summed E-state index contributed by atoms with van der Waals surface area (Å²) >= 11 is 0. The quantitative estimate of drug-likeness (QED) is 0.477. The maximum atomic E-state index is 13.7. The minimum absolute atomic E-state index is 0.0317. The van der Waals surface area contributed by atoms with Crippen molar-refractivity contribution in [3.8, 4) is 5.75 Å². The lowest BCUT2D eigenvalue weighted by molar-refractivity contribution is -0.186. The van der Waals surface area contributed by atoms with E-state index in [9.17, 15) is 35.2 Å². The molecule has 37 heavy (non-hydrogen) atoms. The summed E-state index contributed by atoms with van der Waals surface area (Å²) in [6.45, 7) is 3.84.